The number of nitrogens with zero attached hydrogens (tertiary/aromatic N) is 1. The van der Waals surface area contributed by atoms with Crippen molar-refractivity contribution in [1.82, 2.24) is 9.78 Å². The molecule has 15 heavy (non-hydrogen) atoms. The SMILES string of the molecule is CCn1[nH]c(=O)cc1-c1ccc(F)cc1. The molecule has 0 amide bonds. The minimum absolute atomic E-state index is 0.142. The molecule has 0 unspecified atom stereocenters. The van der Waals surface area contributed by atoms with Crippen LogP contribution in [0.5, 0.6) is 0 Å². The summed E-state index contributed by atoms with van der Waals surface area (Å²) in [6.45, 7) is 2.61. The Morgan fingerprint density at radius 1 is 1.33 bits per heavy atom. The Bertz CT molecular complexity index is 510. The Labute approximate surface area is 86.2 Å². The van der Waals surface area contributed by atoms with Crippen LogP contribution in [0, 0.1) is 5.82 Å². The Hall–Kier alpha value is -1.84. The van der Waals surface area contributed by atoms with Gasteiger partial charge in [0, 0.05) is 18.2 Å². The summed E-state index contributed by atoms with van der Waals surface area (Å²) in [6, 6.07) is 7.59. The number of hydrogen-bond donors (Lipinski definition) is 1. The van der Waals surface area contributed by atoms with Gasteiger partial charge in [0.1, 0.15) is 5.82 Å². The van der Waals surface area contributed by atoms with Crippen LogP contribution in [-0.2, 0) is 6.54 Å². The summed E-state index contributed by atoms with van der Waals surface area (Å²) < 4.78 is 14.4. The molecule has 0 bridgehead atoms. The van der Waals surface area contributed by atoms with Crippen molar-refractivity contribution in [1.29, 1.82) is 0 Å². The maximum Gasteiger partial charge on any atom is 0.264 e. The summed E-state index contributed by atoms with van der Waals surface area (Å²) >= 11 is 0. The fourth-order valence-corrected chi connectivity index (χ4v) is 1.54. The minimum atomic E-state index is -0.278. The van der Waals surface area contributed by atoms with E-state index in [1.807, 2.05) is 6.92 Å². The van der Waals surface area contributed by atoms with Crippen LogP contribution < -0.4 is 5.56 Å². The van der Waals surface area contributed by atoms with Gasteiger partial charge in [0.25, 0.3) is 5.56 Å². The molecule has 0 saturated heterocycles. The van der Waals surface area contributed by atoms with Crippen LogP contribution in [0.2, 0.25) is 0 Å². The van der Waals surface area contributed by atoms with Crippen molar-refractivity contribution in [2.75, 3.05) is 0 Å². The molecular formula is C11H11FN2O. The number of nitrogens with one attached hydrogen (secondary N) is 1. The van der Waals surface area contributed by atoms with Gasteiger partial charge in [-0.1, -0.05) is 0 Å². The molecule has 0 fully saturated rings. The van der Waals surface area contributed by atoms with Gasteiger partial charge in [-0.05, 0) is 31.2 Å². The lowest BCUT2D eigenvalue weighted by Gasteiger charge is -2.04. The molecule has 3 nitrogen and oxygen atoms in total. The molecule has 0 atom stereocenters. The highest BCUT2D eigenvalue weighted by Crippen LogP contribution is 2.17. The predicted octanol–water partition coefficient (Wildman–Crippen LogP) is 2.00. The van der Waals surface area contributed by atoms with Crippen molar-refractivity contribution in [2.24, 2.45) is 0 Å². The molecule has 2 aromatic rings. The summed E-state index contributed by atoms with van der Waals surface area (Å²) in [4.78, 5) is 11.2. The molecule has 78 valence electrons. The van der Waals surface area contributed by atoms with E-state index in [9.17, 15) is 9.18 Å². The summed E-state index contributed by atoms with van der Waals surface area (Å²) in [5.41, 5.74) is 1.47. The zero-order valence-corrected chi connectivity index (χ0v) is 8.33. The largest absolute Gasteiger partial charge is 0.285 e. The average Bonchev–Trinajstić information content (AvgIpc) is 2.61. The second-order valence-corrected chi connectivity index (χ2v) is 3.26. The third-order valence-corrected chi connectivity index (χ3v) is 2.26. The molecule has 1 heterocycles. The first-order chi connectivity index (χ1) is 7.20. The number of aryl methyl sites for hydroxylation is 1. The van der Waals surface area contributed by atoms with Gasteiger partial charge >= 0.3 is 0 Å². The van der Waals surface area contributed by atoms with Crippen LogP contribution in [0.3, 0.4) is 0 Å². The number of hydrogen-bond acceptors (Lipinski definition) is 1. The van der Waals surface area contributed by atoms with Gasteiger partial charge in [-0.3, -0.25) is 14.6 Å². The highest BCUT2D eigenvalue weighted by Gasteiger charge is 2.05. The minimum Gasteiger partial charge on any atom is -0.285 e. The number of aromatic amines is 1. The van der Waals surface area contributed by atoms with E-state index in [-0.39, 0.29) is 11.4 Å². The molecule has 0 aliphatic heterocycles. The molecule has 1 N–H and O–H groups in total. The van der Waals surface area contributed by atoms with Gasteiger partial charge in [-0.2, -0.15) is 0 Å². The summed E-state index contributed by atoms with van der Waals surface area (Å²) in [6.07, 6.45) is 0. The number of rotatable bonds is 2. The monoisotopic (exact) mass is 206 g/mol. The number of aromatic nitrogens is 2. The van der Waals surface area contributed by atoms with Crippen LogP contribution in [0.4, 0.5) is 4.39 Å². The van der Waals surface area contributed by atoms with Crippen molar-refractivity contribution < 1.29 is 4.39 Å². The normalized spacial score (nSPS) is 10.5. The summed E-state index contributed by atoms with van der Waals surface area (Å²) in [5, 5.41) is 2.67. The Morgan fingerprint density at radius 3 is 2.60 bits per heavy atom. The van der Waals surface area contributed by atoms with E-state index < -0.39 is 0 Å². The average molecular weight is 206 g/mol. The zero-order valence-electron chi connectivity index (χ0n) is 8.33. The Kier molecular flexibility index (Phi) is 2.41. The van der Waals surface area contributed by atoms with E-state index >= 15 is 0 Å². The third-order valence-electron chi connectivity index (χ3n) is 2.26. The van der Waals surface area contributed by atoms with Gasteiger partial charge in [0.2, 0.25) is 0 Å². The molecule has 1 aromatic heterocycles. The highest BCUT2D eigenvalue weighted by molar-refractivity contribution is 5.58. The highest BCUT2D eigenvalue weighted by atomic mass is 19.1. The van der Waals surface area contributed by atoms with E-state index in [4.69, 9.17) is 0 Å². The van der Waals surface area contributed by atoms with Gasteiger partial charge in [0.15, 0.2) is 0 Å². The molecule has 2 rings (SSSR count). The summed E-state index contributed by atoms with van der Waals surface area (Å²) in [7, 11) is 0. The molecule has 0 radical (unpaired) electrons. The van der Waals surface area contributed by atoms with Gasteiger partial charge in [-0.15, -0.1) is 0 Å². The Morgan fingerprint density at radius 2 is 2.00 bits per heavy atom. The van der Waals surface area contributed by atoms with Crippen molar-refractivity contribution >= 4 is 0 Å². The maximum atomic E-state index is 12.7. The third kappa shape index (κ3) is 1.83. The van der Waals surface area contributed by atoms with Crippen molar-refractivity contribution in [3.8, 4) is 11.3 Å². The van der Waals surface area contributed by atoms with E-state index in [0.29, 0.717) is 6.54 Å². The second-order valence-electron chi connectivity index (χ2n) is 3.26. The van der Waals surface area contributed by atoms with Crippen LogP contribution in [0.25, 0.3) is 11.3 Å². The smallest absolute Gasteiger partial charge is 0.264 e. The molecular weight excluding hydrogens is 195 g/mol. The molecule has 0 saturated carbocycles. The van der Waals surface area contributed by atoms with Gasteiger partial charge in [-0.25, -0.2) is 4.39 Å². The van der Waals surface area contributed by atoms with Crippen LogP contribution in [0.1, 0.15) is 6.92 Å². The van der Waals surface area contributed by atoms with Crippen LogP contribution in [0.15, 0.2) is 35.1 Å². The lowest BCUT2D eigenvalue weighted by atomic mass is 10.1. The van der Waals surface area contributed by atoms with Crippen molar-refractivity contribution in [3.05, 3.63) is 46.5 Å². The molecule has 1 aromatic carbocycles. The standard InChI is InChI=1S/C11H11FN2O/c1-2-14-10(7-11(15)13-14)8-3-5-9(12)6-4-8/h3-7H,2H2,1H3,(H,13,15). The van der Waals surface area contributed by atoms with Gasteiger partial charge in [0.05, 0.1) is 5.69 Å². The molecule has 0 aliphatic carbocycles. The summed E-state index contributed by atoms with van der Waals surface area (Å²) in [5.74, 6) is -0.278. The van der Waals surface area contributed by atoms with E-state index in [1.54, 1.807) is 16.8 Å². The first-order valence-electron chi connectivity index (χ1n) is 4.76. The second kappa shape index (κ2) is 3.73. The van der Waals surface area contributed by atoms with E-state index in [1.165, 1.54) is 18.2 Å². The number of H-pyrrole nitrogens is 1. The van der Waals surface area contributed by atoms with Gasteiger partial charge < -0.3 is 0 Å². The maximum absolute atomic E-state index is 12.7. The van der Waals surface area contributed by atoms with E-state index in [0.717, 1.165) is 11.3 Å². The topological polar surface area (TPSA) is 37.8 Å². The van der Waals surface area contributed by atoms with Crippen molar-refractivity contribution in [3.63, 3.8) is 0 Å². The lowest BCUT2D eigenvalue weighted by molar-refractivity contribution is 0.627. The van der Waals surface area contributed by atoms with Crippen LogP contribution >= 0.6 is 0 Å². The fraction of sp³-hybridized carbons (Fsp3) is 0.182. The first-order valence-corrected chi connectivity index (χ1v) is 4.76. The zero-order chi connectivity index (χ0) is 10.8. The molecule has 0 aliphatic rings. The van der Waals surface area contributed by atoms with E-state index in [2.05, 4.69) is 5.10 Å². The first kappa shape index (κ1) is 9.71. The molecule has 4 heteroatoms. The van der Waals surface area contributed by atoms with Crippen molar-refractivity contribution in [2.45, 2.75) is 13.5 Å². The fourth-order valence-electron chi connectivity index (χ4n) is 1.54. The Balaban J connectivity index is 2.53. The quantitative estimate of drug-likeness (QED) is 0.801. The lowest BCUT2D eigenvalue weighted by Crippen LogP contribution is -2.04. The number of benzene rings is 1. The molecule has 0 spiro atoms. The van der Waals surface area contributed by atoms with Crippen LogP contribution in [-0.4, -0.2) is 9.78 Å². The predicted molar refractivity (Wildman–Crippen MR) is 56.1 cm³/mol. The number of halogens is 1.